The fourth-order valence-corrected chi connectivity index (χ4v) is 2.28. The van der Waals surface area contributed by atoms with E-state index in [9.17, 15) is 0 Å². The number of benzene rings is 2. The number of para-hydroxylation sites is 1. The summed E-state index contributed by atoms with van der Waals surface area (Å²) in [5, 5.41) is 4.07. The Bertz CT molecular complexity index is 610. The van der Waals surface area contributed by atoms with Crippen molar-refractivity contribution in [1.82, 2.24) is 10.5 Å². The third-order valence-electron chi connectivity index (χ3n) is 3.33. The lowest BCUT2D eigenvalue weighted by Gasteiger charge is -2.21. The lowest BCUT2D eigenvalue weighted by atomic mass is 10.1. The second-order valence-corrected chi connectivity index (χ2v) is 4.69. The molecule has 0 saturated heterocycles. The lowest BCUT2D eigenvalue weighted by Crippen LogP contribution is -3.00. The SMILES string of the molecule is Cc1ccccc1C1=CN(c2ccccc2)NN1C.[I-]. The first-order valence-corrected chi connectivity index (χ1v) is 6.38. The van der Waals surface area contributed by atoms with E-state index >= 15 is 0 Å². The van der Waals surface area contributed by atoms with Crippen LogP contribution < -0.4 is 34.5 Å². The smallest absolute Gasteiger partial charge is 0.0788 e. The average Bonchev–Trinajstić information content (AvgIpc) is 2.82. The number of hydrazine groups is 2. The standard InChI is InChI=1S/C16H17N3.HI/c1-13-8-6-7-11-15(13)16-12-19(17-18(16)2)14-9-4-3-5-10-14;/h3-12,17H,1-2H3;1H/p-1. The fraction of sp³-hybridized carbons (Fsp3) is 0.125. The maximum Gasteiger partial charge on any atom is 0.0788 e. The topological polar surface area (TPSA) is 18.5 Å². The van der Waals surface area contributed by atoms with Crippen LogP contribution in [0.15, 0.2) is 60.8 Å². The van der Waals surface area contributed by atoms with E-state index in [1.807, 2.05) is 35.3 Å². The van der Waals surface area contributed by atoms with Crippen LogP contribution in [0.5, 0.6) is 0 Å². The van der Waals surface area contributed by atoms with E-state index in [4.69, 9.17) is 0 Å². The van der Waals surface area contributed by atoms with Gasteiger partial charge in [0.25, 0.3) is 0 Å². The molecule has 0 aliphatic carbocycles. The summed E-state index contributed by atoms with van der Waals surface area (Å²) in [6.45, 7) is 2.13. The Morgan fingerprint density at radius 3 is 2.25 bits per heavy atom. The predicted molar refractivity (Wildman–Crippen MR) is 79.0 cm³/mol. The van der Waals surface area contributed by atoms with Gasteiger partial charge in [0, 0.05) is 18.8 Å². The monoisotopic (exact) mass is 378 g/mol. The number of hydrogen-bond donors (Lipinski definition) is 1. The van der Waals surface area contributed by atoms with Crippen LogP contribution in [-0.4, -0.2) is 12.1 Å². The first-order chi connectivity index (χ1) is 9.25. The van der Waals surface area contributed by atoms with Gasteiger partial charge in [-0.25, -0.2) is 0 Å². The van der Waals surface area contributed by atoms with E-state index in [2.05, 4.69) is 55.1 Å². The van der Waals surface area contributed by atoms with Crippen molar-refractivity contribution in [3.63, 3.8) is 0 Å². The van der Waals surface area contributed by atoms with Gasteiger partial charge in [-0.1, -0.05) is 42.5 Å². The highest BCUT2D eigenvalue weighted by Crippen LogP contribution is 2.26. The first-order valence-electron chi connectivity index (χ1n) is 6.38. The van der Waals surface area contributed by atoms with Gasteiger partial charge in [-0.05, 0) is 24.6 Å². The molecule has 0 radical (unpaired) electrons. The summed E-state index contributed by atoms with van der Waals surface area (Å²) >= 11 is 0. The molecule has 1 heterocycles. The molecular weight excluding hydrogens is 361 g/mol. The largest absolute Gasteiger partial charge is 1.00 e. The van der Waals surface area contributed by atoms with Crippen molar-refractivity contribution in [2.45, 2.75) is 6.92 Å². The fourth-order valence-electron chi connectivity index (χ4n) is 2.28. The van der Waals surface area contributed by atoms with Crippen LogP contribution >= 0.6 is 0 Å². The molecule has 1 aliphatic heterocycles. The Kier molecular flexibility index (Phi) is 4.67. The van der Waals surface area contributed by atoms with Crippen molar-refractivity contribution in [3.8, 4) is 0 Å². The summed E-state index contributed by atoms with van der Waals surface area (Å²) < 4.78 is 0. The third kappa shape index (κ3) is 2.81. The van der Waals surface area contributed by atoms with E-state index < -0.39 is 0 Å². The molecule has 4 heteroatoms. The summed E-state index contributed by atoms with van der Waals surface area (Å²) in [7, 11) is 2.03. The normalized spacial score (nSPS) is 14.0. The second-order valence-electron chi connectivity index (χ2n) is 4.69. The van der Waals surface area contributed by atoms with Gasteiger partial charge >= 0.3 is 0 Å². The minimum absolute atomic E-state index is 0. The molecule has 104 valence electrons. The highest BCUT2D eigenvalue weighted by Gasteiger charge is 2.20. The minimum Gasteiger partial charge on any atom is -1.00 e. The molecular formula is C16H17IN3-. The molecule has 0 fully saturated rings. The number of nitrogens with zero attached hydrogens (tertiary/aromatic N) is 2. The van der Waals surface area contributed by atoms with Gasteiger partial charge in [-0.2, -0.15) is 0 Å². The van der Waals surface area contributed by atoms with Gasteiger partial charge in [0.2, 0.25) is 0 Å². The van der Waals surface area contributed by atoms with Gasteiger partial charge in [-0.3, -0.25) is 10.0 Å². The number of nitrogens with one attached hydrogen (secondary N) is 1. The lowest BCUT2D eigenvalue weighted by molar-refractivity contribution is -0.00000387. The van der Waals surface area contributed by atoms with Crippen molar-refractivity contribution in [1.29, 1.82) is 0 Å². The van der Waals surface area contributed by atoms with Crippen LogP contribution in [0.4, 0.5) is 5.69 Å². The molecule has 1 N–H and O–H groups in total. The zero-order valence-corrected chi connectivity index (χ0v) is 13.7. The maximum atomic E-state index is 3.32. The number of aryl methyl sites for hydroxylation is 1. The van der Waals surface area contributed by atoms with Crippen LogP contribution in [-0.2, 0) is 0 Å². The van der Waals surface area contributed by atoms with Crippen molar-refractivity contribution < 1.29 is 24.0 Å². The molecule has 0 unspecified atom stereocenters. The number of anilines is 1. The zero-order valence-electron chi connectivity index (χ0n) is 11.5. The average molecular weight is 378 g/mol. The highest BCUT2D eigenvalue weighted by atomic mass is 127. The quantitative estimate of drug-likeness (QED) is 0.752. The summed E-state index contributed by atoms with van der Waals surface area (Å²) in [6, 6.07) is 18.7. The molecule has 2 aromatic carbocycles. The molecule has 0 spiro atoms. The summed E-state index contributed by atoms with van der Waals surface area (Å²) in [5.41, 5.74) is 8.13. The van der Waals surface area contributed by atoms with E-state index in [1.165, 1.54) is 16.8 Å². The third-order valence-corrected chi connectivity index (χ3v) is 3.33. The van der Waals surface area contributed by atoms with E-state index in [-0.39, 0.29) is 24.0 Å². The van der Waals surface area contributed by atoms with Gasteiger partial charge in [0.05, 0.1) is 11.4 Å². The van der Waals surface area contributed by atoms with Crippen molar-refractivity contribution in [2.75, 3.05) is 12.1 Å². The van der Waals surface area contributed by atoms with Gasteiger partial charge in [-0.15, -0.1) is 5.53 Å². The second kappa shape index (κ2) is 6.28. The van der Waals surface area contributed by atoms with Crippen LogP contribution in [0.1, 0.15) is 11.1 Å². The molecule has 0 aromatic heterocycles. The maximum absolute atomic E-state index is 3.32. The zero-order chi connectivity index (χ0) is 13.2. The Labute approximate surface area is 136 Å². The highest BCUT2D eigenvalue weighted by molar-refractivity contribution is 5.71. The van der Waals surface area contributed by atoms with Crippen LogP contribution in [0.3, 0.4) is 0 Å². The van der Waals surface area contributed by atoms with E-state index in [0.29, 0.717) is 0 Å². The number of halogens is 1. The first kappa shape index (κ1) is 14.9. The van der Waals surface area contributed by atoms with Gasteiger partial charge in [0.15, 0.2) is 0 Å². The minimum atomic E-state index is 0. The molecule has 20 heavy (non-hydrogen) atoms. The predicted octanol–water partition coefficient (Wildman–Crippen LogP) is 0.169. The number of hydrogen-bond acceptors (Lipinski definition) is 3. The van der Waals surface area contributed by atoms with Crippen LogP contribution in [0, 0.1) is 6.92 Å². The Hall–Kier alpha value is -1.53. The molecule has 3 rings (SSSR count). The summed E-state index contributed by atoms with van der Waals surface area (Å²) in [5.74, 6) is 0. The molecule has 0 saturated carbocycles. The van der Waals surface area contributed by atoms with E-state index in [1.54, 1.807) is 0 Å². The Balaban J connectivity index is 0.00000147. The summed E-state index contributed by atoms with van der Waals surface area (Å²) in [6.07, 6.45) is 2.12. The van der Waals surface area contributed by atoms with Crippen molar-refractivity contribution in [3.05, 3.63) is 71.9 Å². The van der Waals surface area contributed by atoms with Gasteiger partial charge in [0.1, 0.15) is 0 Å². The van der Waals surface area contributed by atoms with Crippen LogP contribution in [0.25, 0.3) is 5.70 Å². The summed E-state index contributed by atoms with van der Waals surface area (Å²) in [4.78, 5) is 0. The van der Waals surface area contributed by atoms with Crippen LogP contribution in [0.2, 0.25) is 0 Å². The van der Waals surface area contributed by atoms with E-state index in [0.717, 1.165) is 5.69 Å². The molecule has 0 bridgehead atoms. The molecule has 3 nitrogen and oxygen atoms in total. The molecule has 0 amide bonds. The van der Waals surface area contributed by atoms with Gasteiger partial charge < -0.3 is 24.0 Å². The molecule has 2 aromatic rings. The molecule has 1 aliphatic rings. The molecule has 0 atom stereocenters. The Morgan fingerprint density at radius 2 is 1.55 bits per heavy atom. The van der Waals surface area contributed by atoms with Crippen molar-refractivity contribution in [2.24, 2.45) is 0 Å². The van der Waals surface area contributed by atoms with Crippen molar-refractivity contribution >= 4 is 11.4 Å². The number of rotatable bonds is 2. The Morgan fingerprint density at radius 1 is 0.900 bits per heavy atom.